The van der Waals surface area contributed by atoms with Gasteiger partial charge in [0.1, 0.15) is 11.4 Å². The monoisotopic (exact) mass is 330 g/mol. The number of halogens is 1. The first-order valence-electron chi connectivity index (χ1n) is 7.94. The highest BCUT2D eigenvalue weighted by Gasteiger charge is 2.24. The molecule has 1 aliphatic rings. The van der Waals surface area contributed by atoms with Crippen LogP contribution in [0.4, 0.5) is 0 Å². The van der Waals surface area contributed by atoms with Gasteiger partial charge in [-0.1, -0.05) is 37.3 Å². The third-order valence-corrected chi connectivity index (χ3v) is 3.83. The van der Waals surface area contributed by atoms with Crippen LogP contribution >= 0.6 is 11.6 Å². The Labute approximate surface area is 143 Å². The first-order valence-corrected chi connectivity index (χ1v) is 8.32. The number of Topliss-reactive ketones (excluding diaryl/α,β-unsaturated/α-hetero) is 1. The molecule has 0 N–H and O–H groups in total. The molecule has 1 aliphatic carbocycles. The molecule has 0 spiro atoms. The average Bonchev–Trinajstić information content (AvgIpc) is 2.77. The molecule has 0 amide bonds. The molecule has 0 saturated carbocycles. The standard InChI is InChI=1S/C20H23ClO2/c1-13(2)19-15(9-11-18(19)22)7-6-14-8-10-16(12-17(14)21)23-20(3,4)5/h8,10,12-13H,9,11H2,1-5H3. The van der Waals surface area contributed by atoms with Crippen LogP contribution in [0.1, 0.15) is 53.0 Å². The van der Waals surface area contributed by atoms with Gasteiger partial charge in [-0.3, -0.25) is 4.79 Å². The zero-order valence-corrected chi connectivity index (χ0v) is 15.2. The van der Waals surface area contributed by atoms with Gasteiger partial charge in [0.2, 0.25) is 0 Å². The fourth-order valence-electron chi connectivity index (χ4n) is 2.63. The van der Waals surface area contributed by atoms with Crippen LogP contribution in [0.25, 0.3) is 0 Å². The number of rotatable bonds is 2. The third-order valence-electron chi connectivity index (χ3n) is 3.52. The van der Waals surface area contributed by atoms with Crippen LogP contribution in [0.5, 0.6) is 5.75 Å². The Morgan fingerprint density at radius 2 is 1.87 bits per heavy atom. The van der Waals surface area contributed by atoms with Crippen molar-refractivity contribution < 1.29 is 9.53 Å². The van der Waals surface area contributed by atoms with Gasteiger partial charge in [0.15, 0.2) is 5.78 Å². The minimum atomic E-state index is -0.266. The van der Waals surface area contributed by atoms with Gasteiger partial charge >= 0.3 is 0 Å². The lowest BCUT2D eigenvalue weighted by molar-refractivity contribution is -0.115. The van der Waals surface area contributed by atoms with Crippen molar-refractivity contribution in [3.05, 3.63) is 39.9 Å². The molecule has 0 fully saturated rings. The van der Waals surface area contributed by atoms with E-state index < -0.39 is 0 Å². The smallest absolute Gasteiger partial charge is 0.160 e. The van der Waals surface area contributed by atoms with Gasteiger partial charge in [-0.15, -0.1) is 0 Å². The first kappa shape index (κ1) is 17.6. The molecular formula is C20H23ClO2. The molecule has 2 nitrogen and oxygen atoms in total. The highest BCUT2D eigenvalue weighted by atomic mass is 35.5. The van der Waals surface area contributed by atoms with Crippen molar-refractivity contribution in [1.82, 2.24) is 0 Å². The summed E-state index contributed by atoms with van der Waals surface area (Å²) in [5.74, 6) is 7.42. The molecule has 0 aromatic heterocycles. The molecule has 0 heterocycles. The van der Waals surface area contributed by atoms with Crippen molar-refractivity contribution in [2.24, 2.45) is 5.92 Å². The van der Waals surface area contributed by atoms with Crippen molar-refractivity contribution in [2.45, 2.75) is 53.1 Å². The Balaban J connectivity index is 2.27. The number of carbonyl (C=O) groups is 1. The van der Waals surface area contributed by atoms with E-state index in [9.17, 15) is 4.79 Å². The van der Waals surface area contributed by atoms with Gasteiger partial charge in [0.05, 0.1) is 5.02 Å². The molecule has 122 valence electrons. The van der Waals surface area contributed by atoms with E-state index in [-0.39, 0.29) is 17.3 Å². The van der Waals surface area contributed by atoms with Crippen LogP contribution in [0.3, 0.4) is 0 Å². The molecule has 0 saturated heterocycles. The Morgan fingerprint density at radius 3 is 2.43 bits per heavy atom. The summed E-state index contributed by atoms with van der Waals surface area (Å²) in [4.78, 5) is 11.9. The average molecular weight is 331 g/mol. The lowest BCUT2D eigenvalue weighted by Crippen LogP contribution is -2.22. The molecule has 1 aromatic carbocycles. The summed E-state index contributed by atoms with van der Waals surface area (Å²) in [6.45, 7) is 10.0. The number of carbonyl (C=O) groups excluding carboxylic acids is 1. The SMILES string of the molecule is CC(C)C1=C(C#Cc2ccc(OC(C)(C)C)cc2Cl)CCC1=O. The predicted molar refractivity (Wildman–Crippen MR) is 94.8 cm³/mol. The van der Waals surface area contributed by atoms with E-state index in [2.05, 4.69) is 11.8 Å². The molecular weight excluding hydrogens is 308 g/mol. The quantitative estimate of drug-likeness (QED) is 0.698. The van der Waals surface area contributed by atoms with E-state index in [0.717, 1.165) is 28.9 Å². The zero-order chi connectivity index (χ0) is 17.2. The van der Waals surface area contributed by atoms with Crippen molar-refractivity contribution in [3.63, 3.8) is 0 Å². The number of hydrogen-bond acceptors (Lipinski definition) is 2. The largest absolute Gasteiger partial charge is 0.488 e. The summed E-state index contributed by atoms with van der Waals surface area (Å²) >= 11 is 6.31. The summed E-state index contributed by atoms with van der Waals surface area (Å²) in [7, 11) is 0. The van der Waals surface area contributed by atoms with E-state index in [1.165, 1.54) is 0 Å². The third kappa shape index (κ3) is 4.62. The van der Waals surface area contributed by atoms with Crippen molar-refractivity contribution in [2.75, 3.05) is 0 Å². The van der Waals surface area contributed by atoms with Crippen LogP contribution in [0.15, 0.2) is 29.3 Å². The maximum absolute atomic E-state index is 11.9. The maximum atomic E-state index is 11.9. The van der Waals surface area contributed by atoms with E-state index in [1.54, 1.807) is 6.07 Å². The van der Waals surface area contributed by atoms with Crippen LogP contribution in [-0.2, 0) is 4.79 Å². The van der Waals surface area contributed by atoms with E-state index in [1.807, 2.05) is 46.8 Å². The van der Waals surface area contributed by atoms with Gasteiger partial charge in [-0.05, 0) is 45.2 Å². The molecule has 0 bridgehead atoms. The molecule has 0 radical (unpaired) electrons. The molecule has 0 atom stereocenters. The van der Waals surface area contributed by atoms with Gasteiger partial charge in [0.25, 0.3) is 0 Å². The molecule has 0 unspecified atom stereocenters. The Kier molecular flexibility index (Phi) is 5.22. The van der Waals surface area contributed by atoms with E-state index in [0.29, 0.717) is 11.4 Å². The number of ether oxygens (including phenoxy) is 1. The van der Waals surface area contributed by atoms with Gasteiger partial charge in [0, 0.05) is 29.2 Å². The highest BCUT2D eigenvalue weighted by Crippen LogP contribution is 2.29. The Hall–Kier alpha value is -1.72. The molecule has 2 rings (SSSR count). The molecule has 1 aromatic rings. The summed E-state index contributed by atoms with van der Waals surface area (Å²) < 4.78 is 5.79. The number of allylic oxidation sites excluding steroid dienone is 2. The molecule has 0 aliphatic heterocycles. The first-order chi connectivity index (χ1) is 10.7. The topological polar surface area (TPSA) is 26.3 Å². The summed E-state index contributed by atoms with van der Waals surface area (Å²) in [5.41, 5.74) is 2.32. The Morgan fingerprint density at radius 1 is 1.17 bits per heavy atom. The predicted octanol–water partition coefficient (Wildman–Crippen LogP) is 5.18. The normalized spacial score (nSPS) is 15.0. The lowest BCUT2D eigenvalue weighted by atomic mass is 9.99. The van der Waals surface area contributed by atoms with Crippen LogP contribution in [0, 0.1) is 17.8 Å². The van der Waals surface area contributed by atoms with Crippen LogP contribution in [-0.4, -0.2) is 11.4 Å². The minimum absolute atomic E-state index is 0.215. The summed E-state index contributed by atoms with van der Waals surface area (Å²) in [5, 5.41) is 0.565. The van der Waals surface area contributed by atoms with E-state index in [4.69, 9.17) is 16.3 Å². The number of benzene rings is 1. The molecule has 23 heavy (non-hydrogen) atoms. The zero-order valence-electron chi connectivity index (χ0n) is 14.4. The van der Waals surface area contributed by atoms with Crippen molar-refractivity contribution in [1.29, 1.82) is 0 Å². The van der Waals surface area contributed by atoms with E-state index >= 15 is 0 Å². The van der Waals surface area contributed by atoms with Gasteiger partial charge < -0.3 is 4.74 Å². The van der Waals surface area contributed by atoms with Crippen molar-refractivity contribution >= 4 is 17.4 Å². The fourth-order valence-corrected chi connectivity index (χ4v) is 2.85. The number of ketones is 1. The van der Waals surface area contributed by atoms with Crippen LogP contribution in [0.2, 0.25) is 5.02 Å². The summed E-state index contributed by atoms with van der Waals surface area (Å²) in [6.07, 6.45) is 1.31. The maximum Gasteiger partial charge on any atom is 0.160 e. The van der Waals surface area contributed by atoms with Crippen LogP contribution < -0.4 is 4.74 Å². The minimum Gasteiger partial charge on any atom is -0.488 e. The Bertz CT molecular complexity index is 709. The summed E-state index contributed by atoms with van der Waals surface area (Å²) in [6, 6.07) is 5.52. The van der Waals surface area contributed by atoms with Crippen molar-refractivity contribution in [3.8, 4) is 17.6 Å². The lowest BCUT2D eigenvalue weighted by Gasteiger charge is -2.21. The second kappa shape index (κ2) is 6.81. The highest BCUT2D eigenvalue weighted by molar-refractivity contribution is 6.31. The van der Waals surface area contributed by atoms with Gasteiger partial charge in [-0.2, -0.15) is 0 Å². The second-order valence-corrected chi connectivity index (χ2v) is 7.48. The number of hydrogen-bond donors (Lipinski definition) is 0. The van der Waals surface area contributed by atoms with Gasteiger partial charge in [-0.25, -0.2) is 0 Å². The molecule has 3 heteroatoms. The second-order valence-electron chi connectivity index (χ2n) is 7.08. The fraction of sp³-hybridized carbons (Fsp3) is 0.450.